The molecule has 0 bridgehead atoms. The number of aromatic nitrogens is 1. The second kappa shape index (κ2) is 6.81. The van der Waals surface area contributed by atoms with Gasteiger partial charge in [0.05, 0.1) is 16.7 Å². The standard InChI is InChI=1S/C19H16N4O3S/c1-22-18(17(21-19(22)27)14-4-2-3-11-20-14)16-10-9-15(26-16)12-5-7-13(8-6-12)23(24)25/h2-11,17-18H,1H3,(H,21,27). The van der Waals surface area contributed by atoms with E-state index in [1.54, 1.807) is 18.3 Å². The van der Waals surface area contributed by atoms with E-state index in [-0.39, 0.29) is 17.8 Å². The van der Waals surface area contributed by atoms with Crippen LogP contribution in [-0.4, -0.2) is 27.0 Å². The zero-order valence-electron chi connectivity index (χ0n) is 14.4. The Morgan fingerprint density at radius 1 is 1.19 bits per heavy atom. The Hall–Kier alpha value is -3.26. The van der Waals surface area contributed by atoms with E-state index in [2.05, 4.69) is 10.3 Å². The smallest absolute Gasteiger partial charge is 0.269 e. The zero-order valence-corrected chi connectivity index (χ0v) is 15.2. The normalized spacial score (nSPS) is 19.1. The van der Waals surface area contributed by atoms with Gasteiger partial charge in [-0.2, -0.15) is 0 Å². The van der Waals surface area contributed by atoms with Crippen LogP contribution in [0, 0.1) is 10.1 Å². The second-order valence-electron chi connectivity index (χ2n) is 6.24. The molecule has 3 aromatic rings. The number of hydrogen-bond donors (Lipinski definition) is 1. The molecule has 8 heteroatoms. The highest BCUT2D eigenvalue weighted by Gasteiger charge is 2.39. The molecule has 0 aliphatic carbocycles. The van der Waals surface area contributed by atoms with Gasteiger partial charge in [0, 0.05) is 30.9 Å². The molecule has 1 N–H and O–H groups in total. The lowest BCUT2D eigenvalue weighted by Gasteiger charge is -2.21. The van der Waals surface area contributed by atoms with Gasteiger partial charge >= 0.3 is 0 Å². The number of pyridine rings is 1. The number of thiocarbonyl (C=S) groups is 1. The van der Waals surface area contributed by atoms with Crippen molar-refractivity contribution in [2.45, 2.75) is 12.1 Å². The maximum absolute atomic E-state index is 10.8. The zero-order chi connectivity index (χ0) is 19.0. The van der Waals surface area contributed by atoms with E-state index in [1.807, 2.05) is 42.3 Å². The van der Waals surface area contributed by atoms with Crippen LogP contribution >= 0.6 is 12.2 Å². The van der Waals surface area contributed by atoms with Crippen LogP contribution in [0.3, 0.4) is 0 Å². The van der Waals surface area contributed by atoms with E-state index in [9.17, 15) is 10.1 Å². The number of non-ortho nitro benzene ring substituents is 1. The number of rotatable bonds is 4. The minimum atomic E-state index is -0.422. The lowest BCUT2D eigenvalue weighted by Crippen LogP contribution is -2.24. The van der Waals surface area contributed by atoms with Gasteiger partial charge in [0.2, 0.25) is 0 Å². The van der Waals surface area contributed by atoms with E-state index in [0.29, 0.717) is 10.9 Å². The van der Waals surface area contributed by atoms with Crippen LogP contribution in [0.4, 0.5) is 5.69 Å². The molecule has 2 aromatic heterocycles. The van der Waals surface area contributed by atoms with Crippen molar-refractivity contribution in [2.75, 3.05) is 7.05 Å². The van der Waals surface area contributed by atoms with Crippen LogP contribution in [0.2, 0.25) is 0 Å². The predicted octanol–water partition coefficient (Wildman–Crippen LogP) is 3.85. The fraction of sp³-hybridized carbons (Fsp3) is 0.158. The third-order valence-electron chi connectivity index (χ3n) is 4.62. The van der Waals surface area contributed by atoms with Crippen molar-refractivity contribution in [2.24, 2.45) is 0 Å². The predicted molar refractivity (Wildman–Crippen MR) is 104 cm³/mol. The lowest BCUT2D eigenvalue weighted by atomic mass is 10.0. The van der Waals surface area contributed by atoms with Gasteiger partial charge in [-0.25, -0.2) is 0 Å². The summed E-state index contributed by atoms with van der Waals surface area (Å²) in [5.74, 6) is 1.39. The molecule has 1 saturated heterocycles. The molecular formula is C19H16N4O3S. The minimum absolute atomic E-state index is 0.0471. The highest BCUT2D eigenvalue weighted by Crippen LogP contribution is 2.39. The number of hydrogen-bond acceptors (Lipinski definition) is 5. The van der Waals surface area contributed by atoms with Crippen LogP contribution in [0.15, 0.2) is 65.2 Å². The Bertz CT molecular complexity index is 988. The van der Waals surface area contributed by atoms with E-state index >= 15 is 0 Å². The highest BCUT2D eigenvalue weighted by atomic mass is 32.1. The molecule has 1 aliphatic rings. The van der Waals surface area contributed by atoms with Crippen molar-refractivity contribution >= 4 is 23.0 Å². The summed E-state index contributed by atoms with van der Waals surface area (Å²) in [4.78, 5) is 16.8. The molecule has 1 aromatic carbocycles. The fourth-order valence-electron chi connectivity index (χ4n) is 3.23. The van der Waals surface area contributed by atoms with Crippen LogP contribution < -0.4 is 5.32 Å². The highest BCUT2D eigenvalue weighted by molar-refractivity contribution is 7.80. The first-order chi connectivity index (χ1) is 13.0. The number of nitro benzene ring substituents is 1. The topological polar surface area (TPSA) is 84.4 Å². The molecule has 1 fully saturated rings. The monoisotopic (exact) mass is 380 g/mol. The summed E-state index contributed by atoms with van der Waals surface area (Å²) in [7, 11) is 1.91. The van der Waals surface area contributed by atoms with Crippen molar-refractivity contribution in [3.05, 3.63) is 82.4 Å². The third-order valence-corrected chi connectivity index (χ3v) is 5.03. The minimum Gasteiger partial charge on any atom is -0.459 e. The molecule has 2 unspecified atom stereocenters. The molecule has 1 aliphatic heterocycles. The van der Waals surface area contributed by atoms with Crippen molar-refractivity contribution in [3.63, 3.8) is 0 Å². The van der Waals surface area contributed by atoms with E-state index in [1.165, 1.54) is 12.1 Å². The molecule has 3 heterocycles. The molecule has 0 spiro atoms. The van der Waals surface area contributed by atoms with Gasteiger partial charge in [-0.1, -0.05) is 6.07 Å². The van der Waals surface area contributed by atoms with Crippen LogP contribution in [-0.2, 0) is 0 Å². The van der Waals surface area contributed by atoms with Gasteiger partial charge in [-0.15, -0.1) is 0 Å². The average molecular weight is 380 g/mol. The van der Waals surface area contributed by atoms with Crippen molar-refractivity contribution in [3.8, 4) is 11.3 Å². The Morgan fingerprint density at radius 2 is 1.96 bits per heavy atom. The summed E-state index contributed by atoms with van der Waals surface area (Å²) in [5.41, 5.74) is 1.70. The van der Waals surface area contributed by atoms with E-state index < -0.39 is 4.92 Å². The maximum atomic E-state index is 10.8. The van der Waals surface area contributed by atoms with Gasteiger partial charge in [-0.05, 0) is 48.6 Å². The Balaban J connectivity index is 1.66. The number of furan rings is 1. The third kappa shape index (κ3) is 3.15. The number of nitrogens with one attached hydrogen (secondary N) is 1. The first kappa shape index (κ1) is 17.2. The molecule has 7 nitrogen and oxygen atoms in total. The molecule has 136 valence electrons. The lowest BCUT2D eigenvalue weighted by molar-refractivity contribution is -0.384. The number of nitrogens with zero attached hydrogens (tertiary/aromatic N) is 3. The SMILES string of the molecule is CN1C(=S)NC(c2ccccn2)C1c1ccc(-c2ccc([N+](=O)[O-])cc2)o1. The van der Waals surface area contributed by atoms with Gasteiger partial charge in [-0.3, -0.25) is 15.1 Å². The molecule has 0 amide bonds. The first-order valence-corrected chi connectivity index (χ1v) is 8.74. The summed E-state index contributed by atoms with van der Waals surface area (Å²) in [6.45, 7) is 0. The molecule has 27 heavy (non-hydrogen) atoms. The summed E-state index contributed by atoms with van der Waals surface area (Å²) >= 11 is 5.42. The van der Waals surface area contributed by atoms with Crippen LogP contribution in [0.25, 0.3) is 11.3 Å². The molecular weight excluding hydrogens is 364 g/mol. The quantitative estimate of drug-likeness (QED) is 0.418. The van der Waals surface area contributed by atoms with Crippen molar-refractivity contribution in [1.82, 2.24) is 15.2 Å². The molecule has 4 rings (SSSR count). The van der Waals surface area contributed by atoms with Gasteiger partial charge < -0.3 is 14.6 Å². The largest absolute Gasteiger partial charge is 0.459 e. The number of nitro groups is 1. The Labute approximate surface area is 160 Å². The number of benzene rings is 1. The summed E-state index contributed by atoms with van der Waals surface area (Å²) < 4.78 is 6.09. The van der Waals surface area contributed by atoms with E-state index in [4.69, 9.17) is 16.6 Å². The Kier molecular flexibility index (Phi) is 4.33. The molecule has 2 atom stereocenters. The van der Waals surface area contributed by atoms with E-state index in [0.717, 1.165) is 17.0 Å². The van der Waals surface area contributed by atoms with Crippen LogP contribution in [0.5, 0.6) is 0 Å². The fourth-order valence-corrected chi connectivity index (χ4v) is 3.47. The van der Waals surface area contributed by atoms with Gasteiger partial charge in [0.1, 0.15) is 17.6 Å². The first-order valence-electron chi connectivity index (χ1n) is 8.33. The maximum Gasteiger partial charge on any atom is 0.269 e. The Morgan fingerprint density at radius 3 is 2.63 bits per heavy atom. The van der Waals surface area contributed by atoms with Crippen LogP contribution in [0.1, 0.15) is 23.5 Å². The summed E-state index contributed by atoms with van der Waals surface area (Å²) in [6.07, 6.45) is 1.75. The average Bonchev–Trinajstić information content (AvgIpc) is 3.28. The second-order valence-corrected chi connectivity index (χ2v) is 6.63. The molecule has 0 saturated carbocycles. The summed E-state index contributed by atoms with van der Waals surface area (Å²) in [6, 6.07) is 15.5. The summed E-state index contributed by atoms with van der Waals surface area (Å²) in [5, 5.41) is 14.7. The number of likely N-dealkylation sites (N-methyl/N-ethyl adjacent to an activating group) is 1. The molecule has 0 radical (unpaired) electrons. The van der Waals surface area contributed by atoms with Gasteiger partial charge in [0.15, 0.2) is 5.11 Å². The van der Waals surface area contributed by atoms with Gasteiger partial charge in [0.25, 0.3) is 5.69 Å². The van der Waals surface area contributed by atoms with Crippen molar-refractivity contribution < 1.29 is 9.34 Å². The van der Waals surface area contributed by atoms with Crippen molar-refractivity contribution in [1.29, 1.82) is 0 Å².